The standard InChI is InChI=1S/C24H23N5O3S/c1-27-13-14-29(24-23(27)25-20-9-5-6-10-21(20)26-24)22(30)16-28(2)33(31,32)19-12-11-17-7-3-4-8-18(17)15-19/h3-12,15H,13-14,16H2,1-2H3. The van der Waals surface area contributed by atoms with E-state index in [0.29, 0.717) is 30.2 Å². The van der Waals surface area contributed by atoms with Crippen molar-refractivity contribution in [3.63, 3.8) is 0 Å². The molecular formula is C24H23N5O3S. The van der Waals surface area contributed by atoms with E-state index in [2.05, 4.69) is 9.97 Å². The first-order valence-corrected chi connectivity index (χ1v) is 12.0. The van der Waals surface area contributed by atoms with Gasteiger partial charge < -0.3 is 4.90 Å². The zero-order valence-electron chi connectivity index (χ0n) is 18.3. The molecule has 0 bridgehead atoms. The van der Waals surface area contributed by atoms with E-state index in [4.69, 9.17) is 0 Å². The molecule has 5 rings (SSSR count). The van der Waals surface area contributed by atoms with Gasteiger partial charge in [0.2, 0.25) is 15.9 Å². The fourth-order valence-electron chi connectivity index (χ4n) is 3.99. The minimum absolute atomic E-state index is 0.154. The van der Waals surface area contributed by atoms with Gasteiger partial charge in [0.15, 0.2) is 11.6 Å². The molecule has 1 aliphatic heterocycles. The molecule has 33 heavy (non-hydrogen) atoms. The Morgan fingerprint density at radius 2 is 1.55 bits per heavy atom. The van der Waals surface area contributed by atoms with Gasteiger partial charge in [-0.15, -0.1) is 0 Å². The predicted molar refractivity (Wildman–Crippen MR) is 129 cm³/mol. The minimum atomic E-state index is -3.85. The Balaban J connectivity index is 1.43. The largest absolute Gasteiger partial charge is 0.355 e. The Kier molecular flexibility index (Phi) is 5.22. The number of rotatable bonds is 4. The third kappa shape index (κ3) is 3.79. The number of hydrogen-bond donors (Lipinski definition) is 0. The van der Waals surface area contributed by atoms with E-state index in [-0.39, 0.29) is 17.3 Å². The van der Waals surface area contributed by atoms with Crippen molar-refractivity contribution >= 4 is 49.4 Å². The average Bonchev–Trinajstić information content (AvgIpc) is 2.83. The maximum atomic E-state index is 13.2. The third-order valence-electron chi connectivity index (χ3n) is 5.90. The van der Waals surface area contributed by atoms with Crippen LogP contribution in [-0.2, 0) is 14.8 Å². The third-order valence-corrected chi connectivity index (χ3v) is 7.70. The lowest BCUT2D eigenvalue weighted by Gasteiger charge is -2.34. The fourth-order valence-corrected chi connectivity index (χ4v) is 5.15. The van der Waals surface area contributed by atoms with E-state index in [1.807, 2.05) is 60.5 Å². The average molecular weight is 462 g/mol. The molecule has 3 aromatic carbocycles. The van der Waals surface area contributed by atoms with Gasteiger partial charge in [-0.3, -0.25) is 9.69 Å². The highest BCUT2D eigenvalue weighted by Crippen LogP contribution is 2.31. The number of hydrogen-bond acceptors (Lipinski definition) is 6. The molecule has 0 aliphatic carbocycles. The Morgan fingerprint density at radius 3 is 2.27 bits per heavy atom. The molecular weight excluding hydrogens is 438 g/mol. The Hall–Kier alpha value is -3.56. The van der Waals surface area contributed by atoms with Crippen LogP contribution in [0.3, 0.4) is 0 Å². The van der Waals surface area contributed by atoms with E-state index in [9.17, 15) is 13.2 Å². The zero-order chi connectivity index (χ0) is 23.2. The van der Waals surface area contributed by atoms with Crippen LogP contribution in [0.1, 0.15) is 0 Å². The van der Waals surface area contributed by atoms with Crippen molar-refractivity contribution in [2.24, 2.45) is 0 Å². The smallest absolute Gasteiger partial charge is 0.243 e. The van der Waals surface area contributed by atoms with Crippen molar-refractivity contribution in [1.29, 1.82) is 0 Å². The van der Waals surface area contributed by atoms with E-state index in [1.165, 1.54) is 11.9 Å². The highest BCUT2D eigenvalue weighted by Gasteiger charge is 2.31. The summed E-state index contributed by atoms with van der Waals surface area (Å²) in [5.74, 6) is 0.707. The summed E-state index contributed by atoms with van der Waals surface area (Å²) in [5.41, 5.74) is 1.43. The summed E-state index contributed by atoms with van der Waals surface area (Å²) in [6, 6.07) is 20.0. The normalized spacial score (nSPS) is 14.2. The monoisotopic (exact) mass is 461 g/mol. The van der Waals surface area contributed by atoms with Crippen LogP contribution in [0.25, 0.3) is 21.8 Å². The topological polar surface area (TPSA) is 86.7 Å². The SMILES string of the molecule is CN1CCN(C(=O)CN(C)S(=O)(=O)c2ccc3ccccc3c2)c2nc3ccccc3nc21. The van der Waals surface area contributed by atoms with Crippen molar-refractivity contribution in [2.45, 2.75) is 4.90 Å². The van der Waals surface area contributed by atoms with Gasteiger partial charge in [-0.25, -0.2) is 18.4 Å². The van der Waals surface area contributed by atoms with Gasteiger partial charge in [0.05, 0.1) is 22.5 Å². The van der Waals surface area contributed by atoms with Gasteiger partial charge in [0, 0.05) is 27.2 Å². The number of carbonyl (C=O) groups is 1. The summed E-state index contributed by atoms with van der Waals surface area (Å²) in [7, 11) is -0.522. The Labute approximate surface area is 192 Å². The Bertz CT molecular complexity index is 1490. The van der Waals surface area contributed by atoms with Gasteiger partial charge in [-0.1, -0.05) is 42.5 Å². The van der Waals surface area contributed by atoms with Gasteiger partial charge in [-0.2, -0.15) is 4.31 Å². The lowest BCUT2D eigenvalue weighted by molar-refractivity contribution is -0.118. The number of fused-ring (bicyclic) bond motifs is 3. The van der Waals surface area contributed by atoms with Crippen LogP contribution in [0, 0.1) is 0 Å². The second kappa shape index (κ2) is 8.09. The molecule has 0 saturated heterocycles. The van der Waals surface area contributed by atoms with Crippen LogP contribution in [-0.4, -0.2) is 62.3 Å². The van der Waals surface area contributed by atoms with Gasteiger partial charge in [0.1, 0.15) is 0 Å². The first-order valence-electron chi connectivity index (χ1n) is 10.6. The van der Waals surface area contributed by atoms with E-state index in [0.717, 1.165) is 20.6 Å². The van der Waals surface area contributed by atoms with Gasteiger partial charge in [0.25, 0.3) is 0 Å². The maximum absolute atomic E-state index is 13.2. The molecule has 0 atom stereocenters. The molecule has 0 N–H and O–H groups in total. The number of amides is 1. The highest BCUT2D eigenvalue weighted by molar-refractivity contribution is 7.89. The summed E-state index contributed by atoms with van der Waals surface area (Å²) in [6.45, 7) is 0.680. The first-order chi connectivity index (χ1) is 15.8. The number of carbonyl (C=O) groups excluding carboxylic acids is 1. The number of nitrogens with zero attached hydrogens (tertiary/aromatic N) is 5. The molecule has 8 nitrogen and oxygen atoms in total. The molecule has 1 aromatic heterocycles. The van der Waals surface area contributed by atoms with Crippen LogP contribution in [0.15, 0.2) is 71.6 Å². The maximum Gasteiger partial charge on any atom is 0.243 e. The number of likely N-dealkylation sites (N-methyl/N-ethyl adjacent to an activating group) is 2. The summed E-state index contributed by atoms with van der Waals surface area (Å²) in [4.78, 5) is 26.2. The summed E-state index contributed by atoms with van der Waals surface area (Å²) >= 11 is 0. The second-order valence-corrected chi connectivity index (χ2v) is 10.1. The van der Waals surface area contributed by atoms with E-state index >= 15 is 0 Å². The first kappa shape index (κ1) is 21.3. The van der Waals surface area contributed by atoms with Gasteiger partial charge >= 0.3 is 0 Å². The molecule has 2 heterocycles. The van der Waals surface area contributed by atoms with Crippen LogP contribution >= 0.6 is 0 Å². The lowest BCUT2D eigenvalue weighted by Crippen LogP contribution is -2.47. The lowest BCUT2D eigenvalue weighted by atomic mass is 10.1. The molecule has 9 heteroatoms. The van der Waals surface area contributed by atoms with E-state index < -0.39 is 10.0 Å². The van der Waals surface area contributed by atoms with Crippen LogP contribution in [0.2, 0.25) is 0 Å². The van der Waals surface area contributed by atoms with Crippen LogP contribution < -0.4 is 9.80 Å². The number of benzene rings is 3. The molecule has 0 fully saturated rings. The minimum Gasteiger partial charge on any atom is -0.355 e. The van der Waals surface area contributed by atoms with Crippen LogP contribution in [0.5, 0.6) is 0 Å². The molecule has 0 spiro atoms. The van der Waals surface area contributed by atoms with Crippen molar-refractivity contribution < 1.29 is 13.2 Å². The number of sulfonamides is 1. The predicted octanol–water partition coefficient (Wildman–Crippen LogP) is 2.89. The van der Waals surface area contributed by atoms with Crippen LogP contribution in [0.4, 0.5) is 11.6 Å². The second-order valence-electron chi connectivity index (χ2n) is 8.10. The molecule has 4 aromatic rings. The quantitative estimate of drug-likeness (QED) is 0.465. The number of para-hydroxylation sites is 2. The van der Waals surface area contributed by atoms with Crippen molar-refractivity contribution in [3.05, 3.63) is 66.7 Å². The van der Waals surface area contributed by atoms with E-state index in [1.54, 1.807) is 18.2 Å². The summed E-state index contributed by atoms with van der Waals surface area (Å²) < 4.78 is 27.5. The summed E-state index contributed by atoms with van der Waals surface area (Å²) in [5, 5.41) is 1.78. The fraction of sp³-hybridized carbons (Fsp3) is 0.208. The number of anilines is 2. The molecule has 168 valence electrons. The zero-order valence-corrected chi connectivity index (χ0v) is 19.2. The highest BCUT2D eigenvalue weighted by atomic mass is 32.2. The molecule has 1 aliphatic rings. The number of aromatic nitrogens is 2. The molecule has 1 amide bonds. The molecule has 0 radical (unpaired) electrons. The summed E-state index contributed by atoms with van der Waals surface area (Å²) in [6.07, 6.45) is 0. The van der Waals surface area contributed by atoms with Crippen molar-refractivity contribution in [1.82, 2.24) is 14.3 Å². The van der Waals surface area contributed by atoms with Crippen molar-refractivity contribution in [3.8, 4) is 0 Å². The Morgan fingerprint density at radius 1 is 0.909 bits per heavy atom. The van der Waals surface area contributed by atoms with Crippen molar-refractivity contribution in [2.75, 3.05) is 43.5 Å². The molecule has 0 unspecified atom stereocenters. The molecule has 0 saturated carbocycles. The van der Waals surface area contributed by atoms with Gasteiger partial charge in [-0.05, 0) is 35.0 Å².